The summed E-state index contributed by atoms with van der Waals surface area (Å²) in [5.41, 5.74) is 0. The Labute approximate surface area is 455 Å². The van der Waals surface area contributed by atoms with Gasteiger partial charge < -0.3 is 14.2 Å². The number of allylic oxidation sites excluding steroid dienone is 6. The van der Waals surface area contributed by atoms with E-state index in [4.69, 9.17) is 14.2 Å². The first-order valence-electron chi connectivity index (χ1n) is 32.5. The number of hydrogen-bond acceptors (Lipinski definition) is 6. The number of ether oxygens (including phenoxy) is 3. The molecule has 0 bridgehead atoms. The number of carbonyl (C=O) groups excluding carboxylic acids is 3. The van der Waals surface area contributed by atoms with E-state index in [0.29, 0.717) is 19.3 Å². The summed E-state index contributed by atoms with van der Waals surface area (Å²) in [6, 6.07) is 0. The summed E-state index contributed by atoms with van der Waals surface area (Å²) in [5, 5.41) is 0. The summed E-state index contributed by atoms with van der Waals surface area (Å²) in [7, 11) is 0. The molecule has 1 atom stereocenters. The minimum Gasteiger partial charge on any atom is -0.462 e. The molecule has 0 aliphatic heterocycles. The summed E-state index contributed by atoms with van der Waals surface area (Å²) >= 11 is 0. The zero-order chi connectivity index (χ0) is 52.9. The first-order chi connectivity index (χ1) is 36.0. The van der Waals surface area contributed by atoms with Crippen molar-refractivity contribution in [3.05, 3.63) is 36.5 Å². The van der Waals surface area contributed by atoms with E-state index >= 15 is 0 Å². The van der Waals surface area contributed by atoms with E-state index in [1.165, 1.54) is 244 Å². The van der Waals surface area contributed by atoms with Gasteiger partial charge in [0.1, 0.15) is 13.2 Å². The van der Waals surface area contributed by atoms with Crippen LogP contribution in [0.2, 0.25) is 0 Å². The van der Waals surface area contributed by atoms with E-state index in [9.17, 15) is 14.4 Å². The van der Waals surface area contributed by atoms with E-state index < -0.39 is 6.10 Å². The molecule has 428 valence electrons. The highest BCUT2D eigenvalue weighted by Crippen LogP contribution is 2.18. The van der Waals surface area contributed by atoms with Crippen LogP contribution in [-0.2, 0) is 28.6 Å². The molecule has 1 unspecified atom stereocenters. The third kappa shape index (κ3) is 60.4. The fraction of sp³-hybridized carbons (Fsp3) is 0.866. The topological polar surface area (TPSA) is 78.9 Å². The predicted molar refractivity (Wildman–Crippen MR) is 316 cm³/mol. The molecule has 73 heavy (non-hydrogen) atoms. The van der Waals surface area contributed by atoms with Gasteiger partial charge in [-0.05, 0) is 77.0 Å². The minimum absolute atomic E-state index is 0.0703. The fourth-order valence-electron chi connectivity index (χ4n) is 9.71. The molecular weight excluding hydrogens is 901 g/mol. The van der Waals surface area contributed by atoms with Crippen molar-refractivity contribution >= 4 is 17.9 Å². The van der Waals surface area contributed by atoms with Crippen molar-refractivity contribution in [3.63, 3.8) is 0 Å². The Morgan fingerprint density at radius 3 is 0.795 bits per heavy atom. The van der Waals surface area contributed by atoms with Crippen molar-refractivity contribution in [2.24, 2.45) is 0 Å². The zero-order valence-corrected chi connectivity index (χ0v) is 49.2. The van der Waals surface area contributed by atoms with Crippen molar-refractivity contribution in [1.82, 2.24) is 0 Å². The lowest BCUT2D eigenvalue weighted by Gasteiger charge is -2.18. The first kappa shape index (κ1) is 70.6. The lowest BCUT2D eigenvalue weighted by atomic mass is 10.0. The summed E-state index contributed by atoms with van der Waals surface area (Å²) in [4.78, 5) is 38.0. The molecule has 0 N–H and O–H groups in total. The summed E-state index contributed by atoms with van der Waals surface area (Å²) in [5.74, 6) is -0.866. The average Bonchev–Trinajstić information content (AvgIpc) is 3.39. The minimum atomic E-state index is -0.770. The van der Waals surface area contributed by atoms with E-state index in [-0.39, 0.29) is 31.1 Å². The summed E-state index contributed by atoms with van der Waals surface area (Å²) in [6.45, 7) is 6.61. The molecule has 0 saturated carbocycles. The van der Waals surface area contributed by atoms with Crippen LogP contribution < -0.4 is 0 Å². The van der Waals surface area contributed by atoms with Gasteiger partial charge in [-0.25, -0.2) is 0 Å². The lowest BCUT2D eigenvalue weighted by molar-refractivity contribution is -0.167. The largest absolute Gasteiger partial charge is 0.462 e. The van der Waals surface area contributed by atoms with Crippen LogP contribution in [0.4, 0.5) is 0 Å². The maximum absolute atomic E-state index is 12.8. The van der Waals surface area contributed by atoms with Crippen LogP contribution in [0.15, 0.2) is 36.5 Å². The van der Waals surface area contributed by atoms with Gasteiger partial charge in [-0.15, -0.1) is 0 Å². The molecule has 0 rings (SSSR count). The summed E-state index contributed by atoms with van der Waals surface area (Å²) in [6.07, 6.45) is 76.3. The lowest BCUT2D eigenvalue weighted by Crippen LogP contribution is -2.30. The van der Waals surface area contributed by atoms with Gasteiger partial charge in [0.05, 0.1) is 0 Å². The molecule has 0 aromatic heterocycles. The molecule has 0 heterocycles. The first-order valence-corrected chi connectivity index (χ1v) is 32.5. The van der Waals surface area contributed by atoms with Crippen LogP contribution in [-0.4, -0.2) is 37.2 Å². The van der Waals surface area contributed by atoms with E-state index in [1.807, 2.05) is 0 Å². The van der Waals surface area contributed by atoms with Gasteiger partial charge in [0.25, 0.3) is 0 Å². The molecule has 6 heteroatoms. The molecule has 0 aromatic carbocycles. The number of carbonyl (C=O) groups is 3. The maximum atomic E-state index is 12.8. The molecule has 0 radical (unpaired) electrons. The van der Waals surface area contributed by atoms with Crippen LogP contribution in [0.5, 0.6) is 0 Å². The molecule has 0 aromatic rings. The molecule has 6 nitrogen and oxygen atoms in total. The van der Waals surface area contributed by atoms with Gasteiger partial charge in [0.2, 0.25) is 0 Å². The second-order valence-corrected chi connectivity index (χ2v) is 22.0. The highest BCUT2D eigenvalue weighted by Gasteiger charge is 2.19. The van der Waals surface area contributed by atoms with Crippen LogP contribution in [0.3, 0.4) is 0 Å². The smallest absolute Gasteiger partial charge is 0.306 e. The second-order valence-electron chi connectivity index (χ2n) is 22.0. The molecule has 0 aliphatic carbocycles. The molecule has 0 spiro atoms. The van der Waals surface area contributed by atoms with Gasteiger partial charge in [-0.3, -0.25) is 14.4 Å². The van der Waals surface area contributed by atoms with Crippen molar-refractivity contribution in [1.29, 1.82) is 0 Å². The Kier molecular flexibility index (Phi) is 60.2. The SMILES string of the molecule is CCCCC/C=C\CCCCCCCC(=O)OC(COC(=O)CCCCCCCCCC)COC(=O)CCCCCCCCCCCCCCCCCCCCCCCCC/C=C\C/C=C\CCCCCCC. The quantitative estimate of drug-likeness (QED) is 0.0261. The Bertz CT molecular complexity index is 1220. The molecule has 0 fully saturated rings. The van der Waals surface area contributed by atoms with Gasteiger partial charge >= 0.3 is 17.9 Å². The van der Waals surface area contributed by atoms with Crippen molar-refractivity contribution < 1.29 is 28.6 Å². The fourth-order valence-corrected chi connectivity index (χ4v) is 9.71. The molecule has 0 amide bonds. The highest BCUT2D eigenvalue weighted by atomic mass is 16.6. The average molecular weight is 1030 g/mol. The normalized spacial score (nSPS) is 12.2. The Hall–Kier alpha value is -2.37. The van der Waals surface area contributed by atoms with Crippen molar-refractivity contribution in [2.45, 2.75) is 361 Å². The molecule has 0 saturated heterocycles. The zero-order valence-electron chi connectivity index (χ0n) is 49.2. The van der Waals surface area contributed by atoms with E-state index in [1.54, 1.807) is 0 Å². The van der Waals surface area contributed by atoms with Crippen LogP contribution in [0.25, 0.3) is 0 Å². The van der Waals surface area contributed by atoms with E-state index in [0.717, 1.165) is 70.6 Å². The van der Waals surface area contributed by atoms with Gasteiger partial charge in [-0.1, -0.05) is 295 Å². The third-order valence-electron chi connectivity index (χ3n) is 14.6. The van der Waals surface area contributed by atoms with E-state index in [2.05, 4.69) is 57.2 Å². The predicted octanol–water partition coefficient (Wildman–Crippen LogP) is 22.0. The highest BCUT2D eigenvalue weighted by molar-refractivity contribution is 5.71. The number of hydrogen-bond donors (Lipinski definition) is 0. The molecular formula is C67H124O6. The van der Waals surface area contributed by atoms with Gasteiger partial charge in [0, 0.05) is 19.3 Å². The Balaban J connectivity index is 3.90. The van der Waals surface area contributed by atoms with Crippen molar-refractivity contribution in [3.8, 4) is 0 Å². The van der Waals surface area contributed by atoms with Gasteiger partial charge in [-0.2, -0.15) is 0 Å². The monoisotopic (exact) mass is 1020 g/mol. The van der Waals surface area contributed by atoms with Gasteiger partial charge in [0.15, 0.2) is 6.10 Å². The third-order valence-corrected chi connectivity index (χ3v) is 14.6. The number of rotatable bonds is 60. The summed E-state index contributed by atoms with van der Waals surface area (Å²) < 4.78 is 16.8. The number of esters is 3. The van der Waals surface area contributed by atoms with Crippen molar-refractivity contribution in [2.75, 3.05) is 13.2 Å². The maximum Gasteiger partial charge on any atom is 0.306 e. The van der Waals surface area contributed by atoms with Crippen LogP contribution >= 0.6 is 0 Å². The second kappa shape index (κ2) is 62.2. The number of unbranched alkanes of at least 4 members (excludes halogenated alkanes) is 43. The Morgan fingerprint density at radius 2 is 0.493 bits per heavy atom. The van der Waals surface area contributed by atoms with Crippen LogP contribution in [0, 0.1) is 0 Å². The standard InChI is InChI=1S/C67H124O6/c1-4-7-10-13-16-19-21-23-24-25-26-27-28-29-30-31-32-33-34-35-36-37-38-39-40-41-42-43-44-45-47-48-51-54-57-60-66(69)72-63-64(62-71-65(68)59-56-53-50-18-15-12-9-6-3)73-67(70)61-58-55-52-49-46-22-20-17-14-11-8-5-2/h17,20-21,23,25-26,64H,4-16,18-19,22,24,27-63H2,1-3H3/b20-17-,23-21-,26-25-. The Morgan fingerprint density at radius 1 is 0.274 bits per heavy atom. The van der Waals surface area contributed by atoms with Crippen LogP contribution in [0.1, 0.15) is 355 Å². The molecule has 0 aliphatic rings.